The van der Waals surface area contributed by atoms with E-state index in [0.29, 0.717) is 5.76 Å². The van der Waals surface area contributed by atoms with Gasteiger partial charge in [-0.1, -0.05) is 19.0 Å². The molecule has 66 valence electrons. The van der Waals surface area contributed by atoms with E-state index in [-0.39, 0.29) is 17.3 Å². The lowest BCUT2D eigenvalue weighted by molar-refractivity contribution is 0.0686. The van der Waals surface area contributed by atoms with Crippen molar-refractivity contribution >= 4 is 11.7 Å². The number of hydrogen-bond donors (Lipinski definition) is 2. The molecule has 1 aromatic rings. The summed E-state index contributed by atoms with van der Waals surface area (Å²) in [4.78, 5) is 10.5. The van der Waals surface area contributed by atoms with E-state index >= 15 is 0 Å². The maximum Gasteiger partial charge on any atom is 0.360 e. The predicted octanol–water partition coefficient (Wildman–Crippen LogP) is 1.08. The van der Waals surface area contributed by atoms with Crippen molar-refractivity contribution in [2.75, 3.05) is 5.73 Å². The molecule has 0 aliphatic rings. The van der Waals surface area contributed by atoms with Crippen LogP contribution in [0.3, 0.4) is 0 Å². The van der Waals surface area contributed by atoms with Crippen LogP contribution in [0.25, 0.3) is 0 Å². The first-order chi connectivity index (χ1) is 5.54. The van der Waals surface area contributed by atoms with Crippen LogP contribution < -0.4 is 5.73 Å². The summed E-state index contributed by atoms with van der Waals surface area (Å²) in [5.41, 5.74) is 5.38. The van der Waals surface area contributed by atoms with Crippen LogP contribution in [0, 0.1) is 0 Å². The summed E-state index contributed by atoms with van der Waals surface area (Å²) in [6.45, 7) is 3.70. The molecular formula is C7H10N2O3. The molecule has 1 heterocycles. The number of rotatable bonds is 2. The lowest BCUT2D eigenvalue weighted by Crippen LogP contribution is -2.02. The molecule has 1 rings (SSSR count). The highest BCUT2D eigenvalue weighted by Crippen LogP contribution is 2.24. The monoisotopic (exact) mass is 170 g/mol. The number of nitrogens with zero attached hydrogens (tertiary/aromatic N) is 1. The van der Waals surface area contributed by atoms with Crippen molar-refractivity contribution in [1.29, 1.82) is 0 Å². The number of aromatic nitrogens is 1. The third kappa shape index (κ3) is 1.25. The molecule has 3 N–H and O–H groups in total. The second-order valence-corrected chi connectivity index (χ2v) is 2.77. The van der Waals surface area contributed by atoms with E-state index in [1.54, 1.807) is 0 Å². The topological polar surface area (TPSA) is 89.3 Å². The fourth-order valence-electron chi connectivity index (χ4n) is 0.881. The average Bonchev–Trinajstić information content (AvgIpc) is 2.30. The van der Waals surface area contributed by atoms with Gasteiger partial charge < -0.3 is 15.4 Å². The molecule has 12 heavy (non-hydrogen) atoms. The van der Waals surface area contributed by atoms with Crippen molar-refractivity contribution in [1.82, 2.24) is 5.16 Å². The lowest BCUT2D eigenvalue weighted by Gasteiger charge is -1.97. The molecule has 0 radical (unpaired) electrons. The molecule has 0 bridgehead atoms. The van der Waals surface area contributed by atoms with Crippen molar-refractivity contribution < 1.29 is 14.4 Å². The Kier molecular flexibility index (Phi) is 2.03. The van der Waals surface area contributed by atoms with Crippen LogP contribution in [0.15, 0.2) is 4.52 Å². The van der Waals surface area contributed by atoms with Gasteiger partial charge in [0.2, 0.25) is 5.69 Å². The third-order valence-corrected chi connectivity index (χ3v) is 1.48. The lowest BCUT2D eigenvalue weighted by atomic mass is 10.1. The average molecular weight is 170 g/mol. The first kappa shape index (κ1) is 8.58. The molecule has 5 heteroatoms. The Morgan fingerprint density at radius 3 is 2.50 bits per heavy atom. The van der Waals surface area contributed by atoms with Gasteiger partial charge in [-0.25, -0.2) is 4.79 Å². The van der Waals surface area contributed by atoms with E-state index in [9.17, 15) is 4.79 Å². The number of carbonyl (C=O) groups is 1. The summed E-state index contributed by atoms with van der Waals surface area (Å²) in [6, 6.07) is 0. The first-order valence-corrected chi connectivity index (χ1v) is 3.52. The summed E-state index contributed by atoms with van der Waals surface area (Å²) < 4.78 is 4.76. The number of nitrogen functional groups attached to an aromatic ring is 1. The van der Waals surface area contributed by atoms with E-state index in [1.807, 2.05) is 13.8 Å². The number of carboxylic acid groups (broad SMARTS) is 1. The maximum absolute atomic E-state index is 10.5. The normalized spacial score (nSPS) is 10.6. The third-order valence-electron chi connectivity index (χ3n) is 1.48. The van der Waals surface area contributed by atoms with Crippen LogP contribution in [-0.4, -0.2) is 16.2 Å². The number of carboxylic acids is 1. The van der Waals surface area contributed by atoms with Gasteiger partial charge >= 0.3 is 5.97 Å². The van der Waals surface area contributed by atoms with Crippen molar-refractivity contribution in [3.63, 3.8) is 0 Å². The quantitative estimate of drug-likeness (QED) is 0.693. The minimum absolute atomic E-state index is 0.0469. The van der Waals surface area contributed by atoms with E-state index in [1.165, 1.54) is 0 Å². The molecule has 0 atom stereocenters. The summed E-state index contributed by atoms with van der Waals surface area (Å²) in [5, 5.41) is 11.9. The largest absolute Gasteiger partial charge is 0.476 e. The zero-order valence-electron chi connectivity index (χ0n) is 6.87. The van der Waals surface area contributed by atoms with Gasteiger partial charge in [0.25, 0.3) is 0 Å². The van der Waals surface area contributed by atoms with Crippen LogP contribution in [0.5, 0.6) is 0 Å². The summed E-state index contributed by atoms with van der Waals surface area (Å²) in [7, 11) is 0. The standard InChI is InChI=1S/C7H10N2O3/c1-3(2)6-4(8)5(7(10)11)9-12-6/h3H,8H2,1-2H3,(H,10,11). The molecule has 0 aliphatic heterocycles. The molecule has 1 aromatic heterocycles. The predicted molar refractivity (Wildman–Crippen MR) is 42.0 cm³/mol. The Morgan fingerprint density at radius 1 is 1.67 bits per heavy atom. The molecule has 5 nitrogen and oxygen atoms in total. The minimum atomic E-state index is -1.16. The Balaban J connectivity index is 3.13. The van der Waals surface area contributed by atoms with Crippen LogP contribution >= 0.6 is 0 Å². The van der Waals surface area contributed by atoms with Gasteiger partial charge in [-0.05, 0) is 0 Å². The van der Waals surface area contributed by atoms with Gasteiger partial charge in [0.15, 0.2) is 5.76 Å². The Bertz CT molecular complexity index is 304. The zero-order valence-corrected chi connectivity index (χ0v) is 6.87. The van der Waals surface area contributed by atoms with Gasteiger partial charge in [0.1, 0.15) is 5.69 Å². The van der Waals surface area contributed by atoms with E-state index in [0.717, 1.165) is 0 Å². The van der Waals surface area contributed by atoms with E-state index in [2.05, 4.69) is 5.16 Å². The number of hydrogen-bond acceptors (Lipinski definition) is 4. The van der Waals surface area contributed by atoms with Crippen LogP contribution in [0.4, 0.5) is 5.69 Å². The fraction of sp³-hybridized carbons (Fsp3) is 0.429. The molecule has 0 aliphatic carbocycles. The molecule has 0 saturated carbocycles. The first-order valence-electron chi connectivity index (χ1n) is 3.52. The molecule has 0 amide bonds. The summed E-state index contributed by atoms with van der Waals surface area (Å²) in [6.07, 6.45) is 0. The number of nitrogens with two attached hydrogens (primary N) is 1. The van der Waals surface area contributed by atoms with Crippen molar-refractivity contribution in [3.05, 3.63) is 11.5 Å². The van der Waals surface area contributed by atoms with Crippen LogP contribution in [0.1, 0.15) is 36.0 Å². The highest BCUT2D eigenvalue weighted by atomic mass is 16.5. The minimum Gasteiger partial charge on any atom is -0.476 e. The molecule has 0 fully saturated rings. The number of aromatic carboxylic acids is 1. The second-order valence-electron chi connectivity index (χ2n) is 2.77. The second kappa shape index (κ2) is 2.84. The molecule has 0 saturated heterocycles. The summed E-state index contributed by atoms with van der Waals surface area (Å²) in [5.74, 6) is -0.693. The van der Waals surface area contributed by atoms with Crippen LogP contribution in [0.2, 0.25) is 0 Å². The SMILES string of the molecule is CC(C)c1onc(C(=O)O)c1N. The molecule has 0 aromatic carbocycles. The van der Waals surface area contributed by atoms with Crippen molar-refractivity contribution in [3.8, 4) is 0 Å². The van der Waals surface area contributed by atoms with Crippen LogP contribution in [-0.2, 0) is 0 Å². The van der Waals surface area contributed by atoms with E-state index < -0.39 is 5.97 Å². The Hall–Kier alpha value is -1.52. The molecular weight excluding hydrogens is 160 g/mol. The highest BCUT2D eigenvalue weighted by Gasteiger charge is 2.20. The number of anilines is 1. The van der Waals surface area contributed by atoms with Gasteiger partial charge in [-0.2, -0.15) is 0 Å². The fourth-order valence-corrected chi connectivity index (χ4v) is 0.881. The smallest absolute Gasteiger partial charge is 0.360 e. The van der Waals surface area contributed by atoms with Gasteiger partial charge in [0.05, 0.1) is 0 Å². The molecule has 0 spiro atoms. The van der Waals surface area contributed by atoms with Crippen molar-refractivity contribution in [2.45, 2.75) is 19.8 Å². The zero-order chi connectivity index (χ0) is 9.30. The molecule has 0 unspecified atom stereocenters. The van der Waals surface area contributed by atoms with Gasteiger partial charge in [0, 0.05) is 5.92 Å². The maximum atomic E-state index is 10.5. The Morgan fingerprint density at radius 2 is 2.25 bits per heavy atom. The van der Waals surface area contributed by atoms with Gasteiger partial charge in [-0.3, -0.25) is 0 Å². The van der Waals surface area contributed by atoms with Gasteiger partial charge in [-0.15, -0.1) is 0 Å². The Labute approximate surface area is 69.2 Å². The highest BCUT2D eigenvalue weighted by molar-refractivity contribution is 5.91. The van der Waals surface area contributed by atoms with Crippen molar-refractivity contribution in [2.24, 2.45) is 0 Å². The van der Waals surface area contributed by atoms with E-state index in [4.69, 9.17) is 15.4 Å². The summed E-state index contributed by atoms with van der Waals surface area (Å²) >= 11 is 0.